The molecule has 0 fully saturated rings. The van der Waals surface area contributed by atoms with Crippen molar-refractivity contribution in [2.45, 2.75) is 6.42 Å². The first-order valence-electron chi connectivity index (χ1n) is 7.30. The van der Waals surface area contributed by atoms with Crippen LogP contribution in [0.5, 0.6) is 0 Å². The van der Waals surface area contributed by atoms with E-state index in [-0.39, 0.29) is 17.5 Å². The third kappa shape index (κ3) is 2.84. The van der Waals surface area contributed by atoms with E-state index in [4.69, 9.17) is 0 Å². The Balaban J connectivity index is 1.96. The lowest BCUT2D eigenvalue weighted by Gasteiger charge is -2.17. The maximum Gasteiger partial charge on any atom is 0.251 e. The van der Waals surface area contributed by atoms with Crippen molar-refractivity contribution in [2.24, 2.45) is 0 Å². The van der Waals surface area contributed by atoms with Crippen LogP contribution in [0.15, 0.2) is 42.5 Å². The van der Waals surface area contributed by atoms with Gasteiger partial charge in [0.1, 0.15) is 0 Å². The van der Waals surface area contributed by atoms with Gasteiger partial charge in [0.05, 0.1) is 0 Å². The minimum absolute atomic E-state index is 0.179. The maximum absolute atomic E-state index is 12.6. The van der Waals surface area contributed by atoms with Crippen LogP contribution < -0.4 is 5.32 Å². The van der Waals surface area contributed by atoms with E-state index in [1.54, 1.807) is 36.4 Å². The fraction of sp³-hybridized carbons (Fsp3) is 0.167. The predicted octanol–water partition coefficient (Wildman–Crippen LogP) is 2.98. The molecule has 0 saturated heterocycles. The summed E-state index contributed by atoms with van der Waals surface area (Å²) < 4.78 is 0. The Morgan fingerprint density at radius 3 is 2.17 bits per heavy atom. The Bertz CT molecular complexity index is 814. The molecule has 1 aliphatic rings. The van der Waals surface area contributed by atoms with Crippen LogP contribution in [0.4, 0.5) is 0 Å². The highest BCUT2D eigenvalue weighted by molar-refractivity contribution is 9.09. The van der Waals surface area contributed by atoms with Gasteiger partial charge in [-0.1, -0.05) is 40.2 Å². The molecule has 0 unspecified atom stereocenters. The molecule has 0 heterocycles. The van der Waals surface area contributed by atoms with Crippen molar-refractivity contribution in [1.29, 1.82) is 0 Å². The van der Waals surface area contributed by atoms with Crippen LogP contribution in [0.25, 0.3) is 0 Å². The quantitative estimate of drug-likeness (QED) is 0.566. The zero-order valence-corrected chi connectivity index (χ0v) is 13.9. The van der Waals surface area contributed by atoms with E-state index in [0.717, 1.165) is 11.8 Å². The first kappa shape index (κ1) is 15.6. The van der Waals surface area contributed by atoms with Crippen molar-refractivity contribution in [3.05, 3.63) is 70.3 Å². The van der Waals surface area contributed by atoms with Gasteiger partial charge in [-0.15, -0.1) is 0 Å². The molecule has 3 rings (SSSR count). The summed E-state index contributed by atoms with van der Waals surface area (Å²) in [5.74, 6) is -0.639. The van der Waals surface area contributed by atoms with Gasteiger partial charge in [-0.25, -0.2) is 0 Å². The van der Waals surface area contributed by atoms with Gasteiger partial charge >= 0.3 is 0 Å². The molecule has 1 aliphatic carbocycles. The molecule has 5 heteroatoms. The number of carbonyl (C=O) groups excluding carboxylic acids is 3. The lowest BCUT2D eigenvalue weighted by atomic mass is 9.83. The lowest BCUT2D eigenvalue weighted by Crippen LogP contribution is -2.26. The van der Waals surface area contributed by atoms with Crippen molar-refractivity contribution < 1.29 is 14.4 Å². The maximum atomic E-state index is 12.6. The van der Waals surface area contributed by atoms with Crippen LogP contribution in [0.3, 0.4) is 0 Å². The van der Waals surface area contributed by atoms with Gasteiger partial charge in [0.25, 0.3) is 5.91 Å². The topological polar surface area (TPSA) is 63.2 Å². The number of hydrogen-bond acceptors (Lipinski definition) is 3. The summed E-state index contributed by atoms with van der Waals surface area (Å²) in [5, 5.41) is 3.59. The minimum Gasteiger partial charge on any atom is -0.352 e. The summed E-state index contributed by atoms with van der Waals surface area (Å²) in [5.41, 5.74) is 1.84. The number of ketones is 2. The van der Waals surface area contributed by atoms with E-state index in [1.807, 2.05) is 0 Å². The Morgan fingerprint density at radius 1 is 0.913 bits per heavy atom. The predicted molar refractivity (Wildman–Crippen MR) is 90.5 cm³/mol. The third-order valence-corrected chi connectivity index (χ3v) is 4.34. The summed E-state index contributed by atoms with van der Waals surface area (Å²) in [6.07, 6.45) is 0.821. The molecule has 0 spiro atoms. The van der Waals surface area contributed by atoms with Gasteiger partial charge in [0.15, 0.2) is 11.6 Å². The van der Waals surface area contributed by atoms with Crippen LogP contribution in [0, 0.1) is 0 Å². The minimum atomic E-state index is -0.243. The Kier molecular flexibility index (Phi) is 4.39. The second-order valence-electron chi connectivity index (χ2n) is 5.26. The lowest BCUT2D eigenvalue weighted by molar-refractivity contribution is 0.0951. The number of carbonyl (C=O) groups is 3. The van der Waals surface area contributed by atoms with Crippen LogP contribution in [0.2, 0.25) is 0 Å². The van der Waals surface area contributed by atoms with Crippen molar-refractivity contribution >= 4 is 33.4 Å². The number of alkyl halides is 1. The van der Waals surface area contributed by atoms with E-state index < -0.39 is 0 Å². The SMILES string of the molecule is O=C(NCCCBr)c1ccc2c(c1)C(=O)c1ccccc1C2=O. The summed E-state index contributed by atoms with van der Waals surface area (Å²) in [6.45, 7) is 0.552. The van der Waals surface area contributed by atoms with Crippen LogP contribution in [-0.4, -0.2) is 29.3 Å². The molecule has 23 heavy (non-hydrogen) atoms. The van der Waals surface area contributed by atoms with Gasteiger partial charge in [-0.3, -0.25) is 14.4 Å². The molecular weight excluding hydrogens is 358 g/mol. The molecule has 0 aromatic heterocycles. The number of rotatable bonds is 4. The largest absolute Gasteiger partial charge is 0.352 e. The van der Waals surface area contributed by atoms with Crippen molar-refractivity contribution in [2.75, 3.05) is 11.9 Å². The van der Waals surface area contributed by atoms with Crippen LogP contribution in [0.1, 0.15) is 48.6 Å². The molecule has 2 aromatic carbocycles. The number of hydrogen-bond donors (Lipinski definition) is 1. The second kappa shape index (κ2) is 6.46. The monoisotopic (exact) mass is 371 g/mol. The van der Waals surface area contributed by atoms with Gasteiger partial charge in [-0.05, 0) is 24.6 Å². The van der Waals surface area contributed by atoms with Gasteiger partial charge in [0.2, 0.25) is 0 Å². The van der Waals surface area contributed by atoms with E-state index in [9.17, 15) is 14.4 Å². The molecule has 0 aliphatic heterocycles. The van der Waals surface area contributed by atoms with Crippen LogP contribution >= 0.6 is 15.9 Å². The molecule has 0 bridgehead atoms. The zero-order chi connectivity index (χ0) is 16.4. The smallest absolute Gasteiger partial charge is 0.251 e. The summed E-state index contributed by atoms with van der Waals surface area (Å²) in [6, 6.07) is 11.4. The fourth-order valence-corrected chi connectivity index (χ4v) is 2.89. The number of fused-ring (bicyclic) bond motifs is 2. The molecular formula is C18H14BrNO3. The van der Waals surface area contributed by atoms with Gasteiger partial charge in [0, 0.05) is 39.7 Å². The molecule has 0 atom stereocenters. The molecule has 2 aromatic rings. The molecule has 4 nitrogen and oxygen atoms in total. The normalized spacial score (nSPS) is 12.6. The van der Waals surface area contributed by atoms with Crippen molar-refractivity contribution in [3.8, 4) is 0 Å². The van der Waals surface area contributed by atoms with E-state index in [2.05, 4.69) is 21.2 Å². The van der Waals surface area contributed by atoms with Gasteiger partial charge in [-0.2, -0.15) is 0 Å². The standard InChI is InChI=1S/C18H14BrNO3/c19-8-3-9-20-18(23)11-6-7-14-15(10-11)17(22)13-5-2-1-4-12(13)16(14)21/h1-2,4-7,10H,3,8-9H2,(H,20,23). The summed E-state index contributed by atoms with van der Waals surface area (Å²) in [7, 11) is 0. The van der Waals surface area contributed by atoms with Crippen molar-refractivity contribution in [3.63, 3.8) is 0 Å². The summed E-state index contributed by atoms with van der Waals surface area (Å²) >= 11 is 3.30. The van der Waals surface area contributed by atoms with Gasteiger partial charge < -0.3 is 5.32 Å². The number of nitrogens with one attached hydrogen (secondary N) is 1. The Hall–Kier alpha value is -2.27. The van der Waals surface area contributed by atoms with Crippen LogP contribution in [-0.2, 0) is 0 Å². The second-order valence-corrected chi connectivity index (χ2v) is 6.06. The molecule has 1 amide bonds. The molecule has 116 valence electrons. The zero-order valence-electron chi connectivity index (χ0n) is 12.3. The Labute approximate surface area is 142 Å². The average molecular weight is 372 g/mol. The number of amides is 1. The molecule has 0 radical (unpaired) electrons. The van der Waals surface area contributed by atoms with E-state index in [0.29, 0.717) is 34.4 Å². The first-order chi connectivity index (χ1) is 11.1. The van der Waals surface area contributed by atoms with E-state index in [1.165, 1.54) is 6.07 Å². The summed E-state index contributed by atoms with van der Waals surface area (Å²) in [4.78, 5) is 37.2. The first-order valence-corrected chi connectivity index (χ1v) is 8.42. The highest BCUT2D eigenvalue weighted by Crippen LogP contribution is 2.27. The fourth-order valence-electron chi connectivity index (χ4n) is 2.61. The average Bonchev–Trinajstić information content (AvgIpc) is 2.59. The molecule has 0 saturated carbocycles. The highest BCUT2D eigenvalue weighted by atomic mass is 79.9. The van der Waals surface area contributed by atoms with E-state index >= 15 is 0 Å². The third-order valence-electron chi connectivity index (χ3n) is 3.78. The Morgan fingerprint density at radius 2 is 1.52 bits per heavy atom. The number of benzene rings is 2. The van der Waals surface area contributed by atoms with Crippen molar-refractivity contribution in [1.82, 2.24) is 5.32 Å². The molecule has 1 N–H and O–H groups in total. The number of halogens is 1. The highest BCUT2D eigenvalue weighted by Gasteiger charge is 2.29.